The Hall–Kier alpha value is -2.02. The molecule has 0 saturated heterocycles. The number of rotatable bonds is 7. The quantitative estimate of drug-likeness (QED) is 0.658. The molecule has 0 spiro atoms. The van der Waals surface area contributed by atoms with Gasteiger partial charge in [-0.2, -0.15) is 0 Å². The zero-order valence-corrected chi connectivity index (χ0v) is 13.2. The summed E-state index contributed by atoms with van der Waals surface area (Å²) >= 11 is 0. The second-order valence-corrected chi connectivity index (χ2v) is 5.38. The summed E-state index contributed by atoms with van der Waals surface area (Å²) in [5, 5.41) is 0. The van der Waals surface area contributed by atoms with E-state index in [0.29, 0.717) is 0 Å². The van der Waals surface area contributed by atoms with E-state index in [1.165, 1.54) is 29.7 Å². The van der Waals surface area contributed by atoms with E-state index in [1.807, 2.05) is 6.07 Å². The Kier molecular flexibility index (Phi) is 5.62. The van der Waals surface area contributed by atoms with Crippen LogP contribution in [0.25, 0.3) is 5.57 Å². The Balaban J connectivity index is 2.16. The van der Waals surface area contributed by atoms with Crippen LogP contribution in [0.1, 0.15) is 37.8 Å². The maximum absolute atomic E-state index is 4.23. The highest BCUT2D eigenvalue weighted by atomic mass is 15.1. The van der Waals surface area contributed by atoms with Gasteiger partial charge in [-0.25, -0.2) is 0 Å². The monoisotopic (exact) mass is 279 g/mol. The smallest absolute Gasteiger partial charge is 0.0366 e. The number of hydrogen-bond acceptors (Lipinski definition) is 1. The summed E-state index contributed by atoms with van der Waals surface area (Å²) in [6.07, 6.45) is 2.36. The average molecular weight is 279 g/mol. The zero-order chi connectivity index (χ0) is 15.1. The second kappa shape index (κ2) is 7.68. The van der Waals surface area contributed by atoms with Crippen LogP contribution >= 0.6 is 0 Å². The van der Waals surface area contributed by atoms with E-state index >= 15 is 0 Å². The van der Waals surface area contributed by atoms with Crippen molar-refractivity contribution in [1.82, 2.24) is 0 Å². The molecule has 0 heterocycles. The van der Waals surface area contributed by atoms with Crippen molar-refractivity contribution in [3.8, 4) is 0 Å². The van der Waals surface area contributed by atoms with Crippen LogP contribution in [0.2, 0.25) is 0 Å². The molecule has 0 aromatic heterocycles. The lowest BCUT2D eigenvalue weighted by Crippen LogP contribution is -2.24. The molecule has 2 aromatic rings. The van der Waals surface area contributed by atoms with E-state index in [4.69, 9.17) is 0 Å². The molecule has 0 N–H and O–H groups in total. The lowest BCUT2D eigenvalue weighted by atomic mass is 9.99. The maximum Gasteiger partial charge on any atom is 0.0366 e. The van der Waals surface area contributed by atoms with Gasteiger partial charge in [-0.3, -0.25) is 0 Å². The molecule has 0 radical (unpaired) electrons. The van der Waals surface area contributed by atoms with Crippen molar-refractivity contribution in [2.45, 2.75) is 26.7 Å². The molecular weight excluding hydrogens is 254 g/mol. The van der Waals surface area contributed by atoms with E-state index in [2.05, 4.69) is 73.9 Å². The minimum atomic E-state index is 1.08. The molecule has 0 aliphatic heterocycles. The van der Waals surface area contributed by atoms with Crippen molar-refractivity contribution < 1.29 is 0 Å². The van der Waals surface area contributed by atoms with Gasteiger partial charge in [0.15, 0.2) is 0 Å². The van der Waals surface area contributed by atoms with E-state index in [1.54, 1.807) is 0 Å². The van der Waals surface area contributed by atoms with Gasteiger partial charge in [0.05, 0.1) is 0 Å². The van der Waals surface area contributed by atoms with Crippen LogP contribution in [-0.2, 0) is 0 Å². The Morgan fingerprint density at radius 1 is 0.810 bits per heavy atom. The largest absolute Gasteiger partial charge is 0.372 e. The van der Waals surface area contributed by atoms with Crippen molar-refractivity contribution in [3.63, 3.8) is 0 Å². The number of anilines is 1. The van der Waals surface area contributed by atoms with Gasteiger partial charge in [-0.15, -0.1) is 0 Å². The van der Waals surface area contributed by atoms with Gasteiger partial charge < -0.3 is 4.90 Å². The summed E-state index contributed by atoms with van der Waals surface area (Å²) in [6.45, 7) is 10.9. The van der Waals surface area contributed by atoms with E-state index in [-0.39, 0.29) is 0 Å². The minimum absolute atomic E-state index is 1.08. The Labute approximate surface area is 128 Å². The lowest BCUT2D eigenvalue weighted by molar-refractivity contribution is 0.745. The third-order valence-corrected chi connectivity index (χ3v) is 3.69. The van der Waals surface area contributed by atoms with Gasteiger partial charge >= 0.3 is 0 Å². The van der Waals surface area contributed by atoms with Gasteiger partial charge in [0.1, 0.15) is 0 Å². The standard InChI is InChI=1S/C20H25N/c1-4-15-21(16-5-2)20-13-11-19(12-14-20)17(3)18-9-7-6-8-10-18/h6-14H,3-5,15-16H2,1-2H3. The number of benzene rings is 2. The van der Waals surface area contributed by atoms with E-state index in [9.17, 15) is 0 Å². The molecule has 0 unspecified atom stereocenters. The minimum Gasteiger partial charge on any atom is -0.372 e. The molecule has 0 aliphatic carbocycles. The first-order valence-electron chi connectivity index (χ1n) is 7.86. The molecule has 0 saturated carbocycles. The van der Waals surface area contributed by atoms with Crippen LogP contribution < -0.4 is 4.90 Å². The highest BCUT2D eigenvalue weighted by Gasteiger charge is 2.06. The highest BCUT2D eigenvalue weighted by Crippen LogP contribution is 2.24. The van der Waals surface area contributed by atoms with Crippen molar-refractivity contribution >= 4 is 11.3 Å². The Morgan fingerprint density at radius 2 is 1.33 bits per heavy atom. The molecule has 1 heteroatoms. The molecule has 0 atom stereocenters. The molecule has 2 aromatic carbocycles. The summed E-state index contributed by atoms with van der Waals surface area (Å²) in [4.78, 5) is 2.45. The van der Waals surface area contributed by atoms with Crippen LogP contribution in [0, 0.1) is 0 Å². The fourth-order valence-electron chi connectivity index (χ4n) is 2.59. The highest BCUT2D eigenvalue weighted by molar-refractivity contribution is 5.78. The van der Waals surface area contributed by atoms with Crippen molar-refractivity contribution in [2.75, 3.05) is 18.0 Å². The Bertz CT molecular complexity index is 548. The summed E-state index contributed by atoms with van der Waals surface area (Å²) in [7, 11) is 0. The molecule has 0 fully saturated rings. The van der Waals surface area contributed by atoms with Gasteiger partial charge in [0.2, 0.25) is 0 Å². The normalized spacial score (nSPS) is 10.4. The predicted molar refractivity (Wildman–Crippen MR) is 93.8 cm³/mol. The summed E-state index contributed by atoms with van der Waals surface area (Å²) < 4.78 is 0. The molecule has 21 heavy (non-hydrogen) atoms. The first-order chi connectivity index (χ1) is 10.3. The van der Waals surface area contributed by atoms with Gasteiger partial charge in [-0.1, -0.05) is 62.9 Å². The van der Waals surface area contributed by atoms with Crippen LogP contribution in [0.5, 0.6) is 0 Å². The molecular formula is C20H25N. The second-order valence-electron chi connectivity index (χ2n) is 5.38. The summed E-state index contributed by atoms with van der Waals surface area (Å²) in [5.41, 5.74) is 4.77. The SMILES string of the molecule is C=C(c1ccccc1)c1ccc(N(CCC)CCC)cc1. The number of hydrogen-bond donors (Lipinski definition) is 0. The van der Waals surface area contributed by atoms with E-state index in [0.717, 1.165) is 18.7 Å². The molecule has 110 valence electrons. The molecule has 1 nitrogen and oxygen atoms in total. The van der Waals surface area contributed by atoms with Crippen molar-refractivity contribution in [3.05, 3.63) is 72.3 Å². The van der Waals surface area contributed by atoms with Crippen LogP contribution in [0.3, 0.4) is 0 Å². The van der Waals surface area contributed by atoms with Gasteiger partial charge in [0, 0.05) is 18.8 Å². The number of nitrogens with zero attached hydrogens (tertiary/aromatic N) is 1. The topological polar surface area (TPSA) is 3.24 Å². The molecule has 0 bridgehead atoms. The van der Waals surface area contributed by atoms with E-state index < -0.39 is 0 Å². The summed E-state index contributed by atoms with van der Waals surface area (Å²) in [6, 6.07) is 19.2. The fourth-order valence-corrected chi connectivity index (χ4v) is 2.59. The average Bonchev–Trinajstić information content (AvgIpc) is 2.55. The summed E-state index contributed by atoms with van der Waals surface area (Å²) in [5.74, 6) is 0. The third-order valence-electron chi connectivity index (χ3n) is 3.69. The first kappa shape index (κ1) is 15.4. The molecule has 0 aliphatic rings. The fraction of sp³-hybridized carbons (Fsp3) is 0.300. The molecule has 2 rings (SSSR count). The third kappa shape index (κ3) is 3.98. The van der Waals surface area contributed by atoms with Crippen molar-refractivity contribution in [2.24, 2.45) is 0 Å². The maximum atomic E-state index is 4.23. The molecule has 0 amide bonds. The van der Waals surface area contributed by atoms with Crippen LogP contribution in [0.15, 0.2) is 61.2 Å². The zero-order valence-electron chi connectivity index (χ0n) is 13.2. The Morgan fingerprint density at radius 3 is 1.86 bits per heavy atom. The lowest BCUT2D eigenvalue weighted by Gasteiger charge is -2.24. The predicted octanol–water partition coefficient (Wildman–Crippen LogP) is 5.37. The van der Waals surface area contributed by atoms with Gasteiger partial charge in [0.25, 0.3) is 0 Å². The van der Waals surface area contributed by atoms with Gasteiger partial charge in [-0.05, 0) is 41.7 Å². The van der Waals surface area contributed by atoms with Crippen LogP contribution in [0.4, 0.5) is 5.69 Å². The van der Waals surface area contributed by atoms with Crippen LogP contribution in [-0.4, -0.2) is 13.1 Å². The van der Waals surface area contributed by atoms with Crippen molar-refractivity contribution in [1.29, 1.82) is 0 Å². The first-order valence-corrected chi connectivity index (χ1v) is 7.86.